The zero-order chi connectivity index (χ0) is 16.9. The fourth-order valence-corrected chi connectivity index (χ4v) is 2.52. The predicted molar refractivity (Wildman–Crippen MR) is 97.3 cm³/mol. The molecule has 2 nitrogen and oxygen atoms in total. The summed E-state index contributed by atoms with van der Waals surface area (Å²) < 4.78 is 12.4. The van der Waals surface area contributed by atoms with Crippen molar-refractivity contribution in [3.63, 3.8) is 0 Å². The molecule has 0 aliphatic carbocycles. The summed E-state index contributed by atoms with van der Waals surface area (Å²) in [4.78, 5) is 0. The first kappa shape index (κ1) is 18.1. The predicted octanol–water partition coefficient (Wildman–Crippen LogP) is 5.13. The van der Waals surface area contributed by atoms with Crippen LogP contribution < -0.4 is 0 Å². The summed E-state index contributed by atoms with van der Waals surface area (Å²) in [5, 5.41) is 0. The van der Waals surface area contributed by atoms with Crippen LogP contribution in [-0.2, 0) is 15.7 Å². The molecule has 0 unspecified atom stereocenters. The van der Waals surface area contributed by atoms with Crippen molar-refractivity contribution in [1.29, 1.82) is 0 Å². The summed E-state index contributed by atoms with van der Waals surface area (Å²) in [6.07, 6.45) is 6.24. The van der Waals surface area contributed by atoms with Crippen LogP contribution in [0, 0.1) is 0 Å². The van der Waals surface area contributed by atoms with Crippen molar-refractivity contribution in [2.45, 2.75) is 71.5 Å². The van der Waals surface area contributed by atoms with Crippen LogP contribution in [0.5, 0.6) is 0 Å². The number of rotatable bonds is 6. The number of allylic oxidation sites excluding steroid dienone is 1. The van der Waals surface area contributed by atoms with E-state index in [0.29, 0.717) is 0 Å². The Morgan fingerprint density at radius 1 is 1.09 bits per heavy atom. The Morgan fingerprint density at radius 2 is 1.70 bits per heavy atom. The van der Waals surface area contributed by atoms with Crippen LogP contribution in [0.3, 0.4) is 0 Å². The van der Waals surface area contributed by atoms with Crippen molar-refractivity contribution >= 4 is 7.12 Å². The van der Waals surface area contributed by atoms with E-state index in [9.17, 15) is 0 Å². The van der Waals surface area contributed by atoms with Gasteiger partial charge in [-0.2, -0.15) is 0 Å². The molecular weight excluding hydrogens is 283 g/mol. The van der Waals surface area contributed by atoms with Crippen molar-refractivity contribution in [3.8, 4) is 0 Å². The van der Waals surface area contributed by atoms with Gasteiger partial charge in [-0.1, -0.05) is 43.7 Å². The number of unbranched alkanes of at least 4 members (excludes halogenated alkanes) is 1. The zero-order valence-corrected chi connectivity index (χ0v) is 15.2. The third-order valence-electron chi connectivity index (χ3n) is 4.81. The van der Waals surface area contributed by atoms with Crippen molar-refractivity contribution in [2.24, 2.45) is 0 Å². The summed E-state index contributed by atoms with van der Waals surface area (Å²) in [7, 11) is -0.279. The molecule has 0 spiro atoms. The molecule has 1 aromatic carbocycles. The van der Waals surface area contributed by atoms with Gasteiger partial charge in [0, 0.05) is 5.47 Å². The molecule has 0 N–H and O–H groups in total. The highest BCUT2D eigenvalue weighted by Crippen LogP contribution is 2.39. The van der Waals surface area contributed by atoms with E-state index >= 15 is 0 Å². The van der Waals surface area contributed by atoms with Gasteiger partial charge in [-0.3, -0.25) is 0 Å². The molecule has 3 heteroatoms. The highest BCUT2D eigenvalue weighted by Gasteiger charge is 2.52. The fraction of sp³-hybridized carbons (Fsp3) is 0.550. The van der Waals surface area contributed by atoms with Gasteiger partial charge in [0.05, 0.1) is 11.2 Å². The van der Waals surface area contributed by atoms with Gasteiger partial charge in [-0.25, -0.2) is 0 Å². The van der Waals surface area contributed by atoms with Crippen molar-refractivity contribution < 1.29 is 9.31 Å². The Kier molecular flexibility index (Phi) is 5.92. The molecule has 1 saturated heterocycles. The first-order valence-electron chi connectivity index (χ1n) is 8.69. The second-order valence-corrected chi connectivity index (χ2v) is 7.26. The molecule has 0 saturated carbocycles. The largest absolute Gasteiger partial charge is 0.498 e. The van der Waals surface area contributed by atoms with E-state index in [0.717, 1.165) is 31.2 Å². The summed E-state index contributed by atoms with van der Waals surface area (Å²) in [5.74, 6) is 0. The van der Waals surface area contributed by atoms with E-state index in [1.807, 2.05) is 6.07 Å². The molecule has 23 heavy (non-hydrogen) atoms. The summed E-state index contributed by atoms with van der Waals surface area (Å²) in [6, 6.07) is 10.5. The summed E-state index contributed by atoms with van der Waals surface area (Å²) >= 11 is 0. The molecule has 124 valence electrons. The lowest BCUT2D eigenvalue weighted by Gasteiger charge is -2.32. The zero-order valence-electron chi connectivity index (χ0n) is 15.2. The maximum atomic E-state index is 6.18. The van der Waals surface area contributed by atoms with E-state index in [-0.39, 0.29) is 18.3 Å². The number of benzene rings is 1. The van der Waals surface area contributed by atoms with E-state index in [1.54, 1.807) is 0 Å². The molecule has 0 atom stereocenters. The maximum Gasteiger partial charge on any atom is 0.498 e. The Hall–Kier alpha value is -1.28. The Labute approximate surface area is 141 Å². The second kappa shape index (κ2) is 7.53. The summed E-state index contributed by atoms with van der Waals surface area (Å²) in [6.45, 7) is 10.6. The quantitative estimate of drug-likeness (QED) is 0.535. The highest BCUT2D eigenvalue weighted by atomic mass is 16.7. The minimum Gasteiger partial charge on any atom is -0.399 e. The van der Waals surface area contributed by atoms with Gasteiger partial charge in [-0.15, -0.1) is 5.73 Å². The first-order chi connectivity index (χ1) is 10.9. The van der Waals surface area contributed by atoms with Crippen LogP contribution >= 0.6 is 0 Å². The van der Waals surface area contributed by atoms with Gasteiger partial charge >= 0.3 is 7.12 Å². The Morgan fingerprint density at radius 3 is 2.26 bits per heavy atom. The van der Waals surface area contributed by atoms with Gasteiger partial charge in [-0.05, 0) is 58.6 Å². The van der Waals surface area contributed by atoms with Crippen LogP contribution in [0.25, 0.3) is 0 Å². The molecule has 0 radical (unpaired) electrons. The minimum atomic E-state index is -0.295. The number of hydrogen-bond donors (Lipinski definition) is 0. The van der Waals surface area contributed by atoms with Gasteiger partial charge < -0.3 is 9.31 Å². The lowest BCUT2D eigenvalue weighted by molar-refractivity contribution is 0.00578. The first-order valence-corrected chi connectivity index (χ1v) is 8.69. The fourth-order valence-electron chi connectivity index (χ4n) is 2.52. The highest BCUT2D eigenvalue weighted by molar-refractivity contribution is 6.54. The average Bonchev–Trinajstić information content (AvgIpc) is 2.72. The van der Waals surface area contributed by atoms with Crippen LogP contribution in [0.1, 0.15) is 59.4 Å². The monoisotopic (exact) mass is 312 g/mol. The van der Waals surface area contributed by atoms with Crippen LogP contribution in [0.4, 0.5) is 0 Å². The lowest BCUT2D eigenvalue weighted by atomic mass is 9.76. The molecule has 0 aromatic heterocycles. The topological polar surface area (TPSA) is 18.5 Å². The van der Waals surface area contributed by atoms with Gasteiger partial charge in [0.1, 0.15) is 0 Å². The SMILES string of the molecule is CCCCC(=C=CCc1ccccc1)B1OC(C)(C)C(C)(C)O1. The van der Waals surface area contributed by atoms with E-state index in [2.05, 4.69) is 70.7 Å². The molecule has 1 heterocycles. The van der Waals surface area contributed by atoms with Crippen molar-refractivity contribution in [1.82, 2.24) is 0 Å². The van der Waals surface area contributed by atoms with Crippen molar-refractivity contribution in [3.05, 3.63) is 53.2 Å². The second-order valence-electron chi connectivity index (χ2n) is 7.26. The Balaban J connectivity index is 2.15. The van der Waals surface area contributed by atoms with E-state index < -0.39 is 0 Å². The molecule has 1 aliphatic rings. The molecule has 0 amide bonds. The standard InChI is InChI=1S/C20H29BO2/c1-6-7-15-18(16-11-14-17-12-9-8-10-13-17)21-22-19(2,3)20(4,5)23-21/h8-13H,6-7,14-15H2,1-5H3. The smallest absolute Gasteiger partial charge is 0.399 e. The maximum absolute atomic E-state index is 6.18. The summed E-state index contributed by atoms with van der Waals surface area (Å²) in [5.41, 5.74) is 5.29. The lowest BCUT2D eigenvalue weighted by Crippen LogP contribution is -2.41. The van der Waals surface area contributed by atoms with Gasteiger partial charge in [0.2, 0.25) is 0 Å². The number of hydrogen-bond acceptors (Lipinski definition) is 2. The van der Waals surface area contributed by atoms with Crippen LogP contribution in [0.15, 0.2) is 47.6 Å². The van der Waals surface area contributed by atoms with Gasteiger partial charge in [0.25, 0.3) is 0 Å². The molecule has 2 rings (SSSR count). The molecular formula is C20H29BO2. The van der Waals surface area contributed by atoms with Crippen LogP contribution in [-0.4, -0.2) is 18.3 Å². The molecule has 1 aromatic rings. The van der Waals surface area contributed by atoms with Gasteiger partial charge in [0.15, 0.2) is 0 Å². The molecule has 1 aliphatic heterocycles. The van der Waals surface area contributed by atoms with E-state index in [1.165, 1.54) is 5.56 Å². The molecule has 0 bridgehead atoms. The molecule has 1 fully saturated rings. The van der Waals surface area contributed by atoms with Crippen LogP contribution in [0.2, 0.25) is 0 Å². The average molecular weight is 312 g/mol. The third kappa shape index (κ3) is 4.60. The third-order valence-corrected chi connectivity index (χ3v) is 4.81. The normalized spacial score (nSPS) is 18.6. The minimum absolute atomic E-state index is 0.279. The van der Waals surface area contributed by atoms with Crippen molar-refractivity contribution in [2.75, 3.05) is 0 Å². The Bertz CT molecular complexity index is 553. The van der Waals surface area contributed by atoms with E-state index in [4.69, 9.17) is 9.31 Å².